The molecule has 0 radical (unpaired) electrons. The number of fused-ring (bicyclic) bond motifs is 8. The van der Waals surface area contributed by atoms with Gasteiger partial charge in [0.1, 0.15) is 5.69 Å². The highest BCUT2D eigenvalue weighted by atomic mass is 127. The molecular formula is C29H17IN6. The minimum atomic E-state index is -0.449. The molecule has 170 valence electrons. The number of hydrogen-bond donors (Lipinski definition) is 0. The fraction of sp³-hybridized carbons (Fsp3) is 0. The lowest BCUT2D eigenvalue weighted by atomic mass is 10.1. The first-order chi connectivity index (χ1) is 17.9. The second kappa shape index (κ2) is 7.63. The summed E-state index contributed by atoms with van der Waals surface area (Å²) in [6.07, 6.45) is 1.78. The van der Waals surface area contributed by atoms with E-state index in [1.165, 1.54) is 32.6 Å². The summed E-state index contributed by atoms with van der Waals surface area (Å²) in [7, 11) is 0. The summed E-state index contributed by atoms with van der Waals surface area (Å²) < 4.78 is 11.0. The Kier molecular flexibility index (Phi) is 4.24. The second-order valence-corrected chi connectivity index (χ2v) is 10.3. The Balaban J connectivity index is 1.55. The van der Waals surface area contributed by atoms with Gasteiger partial charge in [-0.2, -0.15) is 8.13 Å². The number of hydrogen-bond acceptors (Lipinski definition) is 4. The Morgan fingerprint density at radius 1 is 0.611 bits per heavy atom. The normalized spacial score (nSPS) is 13.0. The van der Waals surface area contributed by atoms with Crippen LogP contribution >= 0.6 is 21.0 Å². The summed E-state index contributed by atoms with van der Waals surface area (Å²) in [6.45, 7) is 0. The molecule has 1 aliphatic rings. The zero-order valence-electron chi connectivity index (χ0n) is 18.9. The number of para-hydroxylation sites is 3. The summed E-state index contributed by atoms with van der Waals surface area (Å²) in [6, 6.07) is 32.1. The van der Waals surface area contributed by atoms with E-state index in [0.29, 0.717) is 11.8 Å². The zero-order chi connectivity index (χ0) is 23.6. The van der Waals surface area contributed by atoms with E-state index < -0.39 is 21.0 Å². The lowest BCUT2D eigenvalue weighted by Crippen LogP contribution is -2.00. The molecular weight excluding hydrogens is 559 g/mol. The highest BCUT2D eigenvalue weighted by Crippen LogP contribution is 2.42. The van der Waals surface area contributed by atoms with Crippen molar-refractivity contribution in [3.63, 3.8) is 0 Å². The third-order valence-electron chi connectivity index (χ3n) is 6.78. The fourth-order valence-corrected chi connectivity index (χ4v) is 6.52. The maximum Gasteiger partial charge on any atom is 0.236 e. The largest absolute Gasteiger partial charge is 0.309 e. The number of benzene rings is 4. The van der Waals surface area contributed by atoms with E-state index in [1.807, 2.05) is 4.22 Å². The summed E-state index contributed by atoms with van der Waals surface area (Å²) in [5.74, 6) is 1.30. The van der Waals surface area contributed by atoms with E-state index in [2.05, 4.69) is 108 Å². The van der Waals surface area contributed by atoms with Crippen molar-refractivity contribution in [2.45, 2.75) is 0 Å². The molecule has 0 atom stereocenters. The van der Waals surface area contributed by atoms with Crippen LogP contribution in [0.1, 0.15) is 0 Å². The highest BCUT2D eigenvalue weighted by molar-refractivity contribution is 14.2. The van der Waals surface area contributed by atoms with Crippen molar-refractivity contribution in [1.82, 2.24) is 19.1 Å². The van der Waals surface area contributed by atoms with Crippen molar-refractivity contribution in [2.75, 3.05) is 0 Å². The SMILES string of the molecule is C1=Nc2cnc(-n3c4ccccc4c4c5c6ccccc6n(-c6ccccc6)c5ccc43)nc2N=I1. The Labute approximate surface area is 215 Å². The molecule has 4 heterocycles. The van der Waals surface area contributed by atoms with E-state index >= 15 is 0 Å². The van der Waals surface area contributed by atoms with Crippen LogP contribution in [0.3, 0.4) is 0 Å². The average Bonchev–Trinajstić information content (AvgIpc) is 3.46. The van der Waals surface area contributed by atoms with Gasteiger partial charge in [-0.3, -0.25) is 4.57 Å². The lowest BCUT2D eigenvalue weighted by Gasteiger charge is -2.09. The van der Waals surface area contributed by atoms with Crippen LogP contribution in [0.4, 0.5) is 11.5 Å². The maximum absolute atomic E-state index is 4.84. The van der Waals surface area contributed by atoms with Crippen molar-refractivity contribution >= 4 is 80.4 Å². The third-order valence-corrected chi connectivity index (χ3v) is 8.05. The number of aliphatic imine (C=N–C) groups is 1. The van der Waals surface area contributed by atoms with Crippen molar-refractivity contribution < 1.29 is 0 Å². The molecule has 1 aliphatic heterocycles. The quantitative estimate of drug-likeness (QED) is 0.195. The summed E-state index contributed by atoms with van der Waals surface area (Å²) in [5.41, 5.74) is 6.40. The number of aromatic nitrogens is 4. The standard InChI is InChI=1S/C29H17IN6/c1-2-8-18(9-3-1)35-22-12-6-4-10-19(22)26-24(35)14-15-25-27(26)20-11-5-7-13-23(20)36(25)29-31-16-21-28(33-29)34-30-17-32-21/h1-17H. The molecule has 0 saturated carbocycles. The van der Waals surface area contributed by atoms with Gasteiger partial charge in [-0.05, 0) is 36.4 Å². The van der Waals surface area contributed by atoms with Crippen LogP contribution in [0.2, 0.25) is 0 Å². The molecule has 0 bridgehead atoms. The van der Waals surface area contributed by atoms with Gasteiger partial charge < -0.3 is 4.57 Å². The van der Waals surface area contributed by atoms with E-state index in [4.69, 9.17) is 9.97 Å². The molecule has 0 N–H and O–H groups in total. The van der Waals surface area contributed by atoms with Crippen LogP contribution in [-0.4, -0.2) is 23.3 Å². The van der Waals surface area contributed by atoms with Crippen LogP contribution in [0.25, 0.3) is 55.2 Å². The second-order valence-electron chi connectivity index (χ2n) is 8.68. The lowest BCUT2D eigenvalue weighted by molar-refractivity contribution is 0.988. The molecule has 6 nitrogen and oxygen atoms in total. The zero-order valence-corrected chi connectivity index (χ0v) is 21.0. The van der Waals surface area contributed by atoms with Crippen molar-refractivity contribution in [3.05, 3.63) is 97.2 Å². The Morgan fingerprint density at radius 3 is 2.00 bits per heavy atom. The number of halogens is 1. The van der Waals surface area contributed by atoms with Gasteiger partial charge in [-0.25, -0.2) is 9.98 Å². The maximum atomic E-state index is 4.84. The topological polar surface area (TPSA) is 60.4 Å². The molecule has 3 aromatic heterocycles. The molecule has 0 unspecified atom stereocenters. The number of rotatable bonds is 2. The van der Waals surface area contributed by atoms with Crippen LogP contribution in [0.15, 0.2) is 105 Å². The first-order valence-electron chi connectivity index (χ1n) is 11.6. The van der Waals surface area contributed by atoms with Gasteiger partial charge >= 0.3 is 0 Å². The first-order valence-corrected chi connectivity index (χ1v) is 13.8. The van der Waals surface area contributed by atoms with E-state index in [1.54, 1.807) is 6.20 Å². The molecule has 0 amide bonds. The summed E-state index contributed by atoms with van der Waals surface area (Å²) in [5, 5.41) is 4.85. The van der Waals surface area contributed by atoms with Crippen LogP contribution in [0, 0.1) is 0 Å². The smallest absolute Gasteiger partial charge is 0.236 e. The molecule has 8 rings (SSSR count). The van der Waals surface area contributed by atoms with E-state index in [-0.39, 0.29) is 0 Å². The van der Waals surface area contributed by atoms with Crippen molar-refractivity contribution in [1.29, 1.82) is 0 Å². The summed E-state index contributed by atoms with van der Waals surface area (Å²) >= 11 is -0.449. The predicted octanol–water partition coefficient (Wildman–Crippen LogP) is 8.13. The summed E-state index contributed by atoms with van der Waals surface area (Å²) in [4.78, 5) is 14.0. The van der Waals surface area contributed by atoms with Crippen molar-refractivity contribution in [3.8, 4) is 11.6 Å². The van der Waals surface area contributed by atoms with E-state index in [0.717, 1.165) is 22.4 Å². The molecule has 7 heteroatoms. The van der Waals surface area contributed by atoms with Gasteiger partial charge in [0.15, 0.2) is 5.82 Å². The Hall–Kier alpha value is -4.24. The Morgan fingerprint density at radius 2 is 1.25 bits per heavy atom. The van der Waals surface area contributed by atoms with Crippen LogP contribution in [-0.2, 0) is 0 Å². The molecule has 4 aromatic carbocycles. The molecule has 0 aliphatic carbocycles. The minimum absolute atomic E-state index is 0.449. The van der Waals surface area contributed by atoms with Gasteiger partial charge in [-0.1, -0.05) is 54.6 Å². The van der Waals surface area contributed by atoms with Crippen LogP contribution in [0.5, 0.6) is 0 Å². The van der Waals surface area contributed by atoms with Gasteiger partial charge in [0.05, 0.1) is 32.5 Å². The molecule has 36 heavy (non-hydrogen) atoms. The average molecular weight is 576 g/mol. The monoisotopic (exact) mass is 576 g/mol. The highest BCUT2D eigenvalue weighted by Gasteiger charge is 2.21. The molecule has 0 saturated heterocycles. The van der Waals surface area contributed by atoms with Gasteiger partial charge in [0, 0.05) is 48.3 Å². The first kappa shape index (κ1) is 20.0. The number of nitrogens with zero attached hydrogens (tertiary/aromatic N) is 6. The van der Waals surface area contributed by atoms with Gasteiger partial charge in [-0.15, -0.1) is 0 Å². The van der Waals surface area contributed by atoms with Crippen molar-refractivity contribution in [2.24, 2.45) is 8.14 Å². The van der Waals surface area contributed by atoms with Crippen LogP contribution < -0.4 is 0 Å². The molecule has 0 spiro atoms. The minimum Gasteiger partial charge on any atom is -0.309 e. The molecule has 0 fully saturated rings. The predicted molar refractivity (Wildman–Crippen MR) is 155 cm³/mol. The van der Waals surface area contributed by atoms with Gasteiger partial charge in [0.2, 0.25) is 5.95 Å². The third kappa shape index (κ3) is 2.74. The molecule has 7 aromatic rings. The van der Waals surface area contributed by atoms with Gasteiger partial charge in [0.25, 0.3) is 0 Å². The Bertz CT molecular complexity index is 2050. The fourth-order valence-electron chi connectivity index (χ4n) is 5.35. The van der Waals surface area contributed by atoms with E-state index in [9.17, 15) is 0 Å².